The highest BCUT2D eigenvalue weighted by atomic mass is 16.4. The normalized spacial score (nSPS) is 15.6. The van der Waals surface area contributed by atoms with Gasteiger partial charge in [-0.1, -0.05) is 0 Å². The average molecular weight is 175 g/mol. The number of hydrogen-bond donors (Lipinski definition) is 3. The van der Waals surface area contributed by atoms with Gasteiger partial charge in [-0.05, 0) is 20.3 Å². The number of rotatable bonds is 6. The minimum atomic E-state index is -0.799. The quantitative estimate of drug-likeness (QED) is 0.539. The molecule has 0 spiro atoms. The van der Waals surface area contributed by atoms with Crippen molar-refractivity contribution < 1.29 is 15.0 Å². The zero-order valence-corrected chi connectivity index (χ0v) is 7.58. The predicted molar refractivity (Wildman–Crippen MR) is 46.0 cm³/mol. The Morgan fingerprint density at radius 2 is 2.08 bits per heavy atom. The Hall–Kier alpha value is -0.610. The van der Waals surface area contributed by atoms with Crippen molar-refractivity contribution in [1.82, 2.24) is 5.32 Å². The second-order valence-corrected chi connectivity index (χ2v) is 3.08. The van der Waals surface area contributed by atoms with Crippen LogP contribution in [0.25, 0.3) is 0 Å². The Morgan fingerprint density at radius 3 is 2.50 bits per heavy atom. The lowest BCUT2D eigenvalue weighted by molar-refractivity contribution is -0.136. The van der Waals surface area contributed by atoms with Crippen molar-refractivity contribution in [3.8, 4) is 0 Å². The lowest BCUT2D eigenvalue weighted by Gasteiger charge is -2.14. The van der Waals surface area contributed by atoms with E-state index in [4.69, 9.17) is 10.2 Å². The number of carboxylic acid groups (broad SMARTS) is 1. The molecule has 72 valence electrons. The van der Waals surface area contributed by atoms with E-state index in [1.54, 1.807) is 6.92 Å². The molecule has 0 aromatic carbocycles. The Bertz CT molecular complexity index is 136. The maximum Gasteiger partial charge on any atom is 0.304 e. The molecule has 3 N–H and O–H groups in total. The molecule has 12 heavy (non-hydrogen) atoms. The van der Waals surface area contributed by atoms with Crippen molar-refractivity contribution in [2.24, 2.45) is 0 Å². The van der Waals surface area contributed by atoms with Crippen molar-refractivity contribution in [1.29, 1.82) is 0 Å². The molecule has 0 aliphatic rings. The number of aliphatic carboxylic acids is 1. The highest BCUT2D eigenvalue weighted by molar-refractivity contribution is 5.66. The fourth-order valence-electron chi connectivity index (χ4n) is 1.02. The third kappa shape index (κ3) is 7.50. The first-order valence-corrected chi connectivity index (χ1v) is 4.15. The minimum absolute atomic E-state index is 0.129. The Kier molecular flexibility index (Phi) is 5.66. The van der Waals surface area contributed by atoms with Gasteiger partial charge >= 0.3 is 5.97 Å². The molecule has 0 aliphatic carbocycles. The van der Waals surface area contributed by atoms with E-state index in [-0.39, 0.29) is 18.6 Å². The van der Waals surface area contributed by atoms with E-state index in [1.165, 1.54) is 0 Å². The van der Waals surface area contributed by atoms with Crippen LogP contribution in [0.2, 0.25) is 0 Å². The monoisotopic (exact) mass is 175 g/mol. The third-order valence-electron chi connectivity index (χ3n) is 1.53. The highest BCUT2D eigenvalue weighted by Gasteiger charge is 2.05. The molecule has 4 heteroatoms. The van der Waals surface area contributed by atoms with Gasteiger partial charge in [0.15, 0.2) is 0 Å². The summed E-state index contributed by atoms with van der Waals surface area (Å²) in [5, 5.41) is 20.3. The summed E-state index contributed by atoms with van der Waals surface area (Å²) in [6.45, 7) is 4.10. The van der Waals surface area contributed by atoms with Crippen molar-refractivity contribution in [3.63, 3.8) is 0 Å². The first-order chi connectivity index (χ1) is 5.52. The molecule has 0 saturated carbocycles. The topological polar surface area (TPSA) is 69.6 Å². The molecule has 2 atom stereocenters. The number of hydrogen-bond acceptors (Lipinski definition) is 3. The molecule has 0 fully saturated rings. The van der Waals surface area contributed by atoms with Gasteiger partial charge in [0.25, 0.3) is 0 Å². The average Bonchev–Trinajstić information content (AvgIpc) is 1.84. The van der Waals surface area contributed by atoms with E-state index in [0.717, 1.165) is 0 Å². The number of carboxylic acids is 1. The highest BCUT2D eigenvalue weighted by Crippen LogP contribution is 1.95. The van der Waals surface area contributed by atoms with Crippen LogP contribution < -0.4 is 5.32 Å². The van der Waals surface area contributed by atoms with Crippen LogP contribution >= 0.6 is 0 Å². The number of carbonyl (C=O) groups is 1. The summed E-state index contributed by atoms with van der Waals surface area (Å²) < 4.78 is 0. The molecule has 0 bridgehead atoms. The van der Waals surface area contributed by atoms with Crippen molar-refractivity contribution in [2.75, 3.05) is 6.54 Å². The Balaban J connectivity index is 3.31. The lowest BCUT2D eigenvalue weighted by Crippen LogP contribution is -2.30. The van der Waals surface area contributed by atoms with Crippen molar-refractivity contribution in [2.45, 2.75) is 38.8 Å². The number of aliphatic hydroxyl groups excluding tert-OH is 1. The van der Waals surface area contributed by atoms with Crippen molar-refractivity contribution in [3.05, 3.63) is 0 Å². The second-order valence-electron chi connectivity index (χ2n) is 3.08. The van der Waals surface area contributed by atoms with Gasteiger partial charge in [-0.25, -0.2) is 0 Å². The van der Waals surface area contributed by atoms with Gasteiger partial charge in [0.1, 0.15) is 0 Å². The lowest BCUT2D eigenvalue weighted by atomic mass is 10.1. The predicted octanol–water partition coefficient (Wildman–Crippen LogP) is 0.210. The molecule has 0 rings (SSSR count). The summed E-state index contributed by atoms with van der Waals surface area (Å²) in [7, 11) is 0. The molecule has 0 amide bonds. The van der Waals surface area contributed by atoms with Gasteiger partial charge in [-0.2, -0.15) is 0 Å². The smallest absolute Gasteiger partial charge is 0.304 e. The van der Waals surface area contributed by atoms with Crippen LogP contribution in [0.15, 0.2) is 0 Å². The molecule has 0 aromatic heterocycles. The molecule has 0 aliphatic heterocycles. The molecular weight excluding hydrogens is 158 g/mol. The van der Waals surface area contributed by atoms with Crippen LogP contribution in [-0.4, -0.2) is 34.9 Å². The second kappa shape index (κ2) is 5.97. The summed E-state index contributed by atoms with van der Waals surface area (Å²) >= 11 is 0. The molecule has 2 unspecified atom stereocenters. The summed E-state index contributed by atoms with van der Waals surface area (Å²) in [5.41, 5.74) is 0. The first kappa shape index (κ1) is 11.4. The van der Waals surface area contributed by atoms with Crippen LogP contribution in [0.5, 0.6) is 0 Å². The van der Waals surface area contributed by atoms with Gasteiger partial charge in [-0.15, -0.1) is 0 Å². The zero-order chi connectivity index (χ0) is 9.56. The van der Waals surface area contributed by atoms with Gasteiger partial charge in [0.05, 0.1) is 12.5 Å². The fourth-order valence-corrected chi connectivity index (χ4v) is 1.02. The van der Waals surface area contributed by atoms with E-state index in [1.807, 2.05) is 6.92 Å². The van der Waals surface area contributed by atoms with E-state index >= 15 is 0 Å². The summed E-state index contributed by atoms with van der Waals surface area (Å²) in [6, 6.07) is 0.171. The van der Waals surface area contributed by atoms with Crippen LogP contribution in [0.1, 0.15) is 26.7 Å². The Labute approximate surface area is 72.6 Å². The molecular formula is C8H17NO3. The number of aliphatic hydroxyl groups is 1. The number of nitrogens with one attached hydrogen (secondary N) is 1. The van der Waals surface area contributed by atoms with Gasteiger partial charge < -0.3 is 15.5 Å². The van der Waals surface area contributed by atoms with E-state index in [9.17, 15) is 4.79 Å². The van der Waals surface area contributed by atoms with Crippen LogP contribution in [0.4, 0.5) is 0 Å². The van der Waals surface area contributed by atoms with E-state index < -0.39 is 5.97 Å². The Morgan fingerprint density at radius 1 is 1.50 bits per heavy atom. The third-order valence-corrected chi connectivity index (χ3v) is 1.53. The fraction of sp³-hybridized carbons (Fsp3) is 0.875. The molecule has 0 heterocycles. The van der Waals surface area contributed by atoms with Gasteiger partial charge in [0, 0.05) is 12.6 Å². The first-order valence-electron chi connectivity index (χ1n) is 4.15. The molecule has 0 radical (unpaired) electrons. The van der Waals surface area contributed by atoms with Crippen molar-refractivity contribution >= 4 is 5.97 Å². The van der Waals surface area contributed by atoms with Gasteiger partial charge in [0.2, 0.25) is 0 Å². The SMILES string of the molecule is CC(O)CC(C)NCCC(=O)O. The zero-order valence-electron chi connectivity index (χ0n) is 7.58. The maximum atomic E-state index is 10.1. The largest absolute Gasteiger partial charge is 0.481 e. The summed E-state index contributed by atoms with van der Waals surface area (Å²) in [6.07, 6.45) is 0.446. The standard InChI is InChI=1S/C8H17NO3/c1-6(5-7(2)10)9-4-3-8(11)12/h6-7,9-10H,3-5H2,1-2H3,(H,11,12). The van der Waals surface area contributed by atoms with Crippen LogP contribution in [0.3, 0.4) is 0 Å². The molecule has 0 saturated heterocycles. The maximum absolute atomic E-state index is 10.1. The van der Waals surface area contributed by atoms with Crippen LogP contribution in [-0.2, 0) is 4.79 Å². The summed E-state index contributed by atoms with van der Waals surface area (Å²) in [4.78, 5) is 10.1. The minimum Gasteiger partial charge on any atom is -0.481 e. The molecule has 0 aromatic rings. The molecule has 4 nitrogen and oxygen atoms in total. The van der Waals surface area contributed by atoms with Crippen LogP contribution in [0, 0.1) is 0 Å². The van der Waals surface area contributed by atoms with E-state index in [2.05, 4.69) is 5.32 Å². The van der Waals surface area contributed by atoms with E-state index in [0.29, 0.717) is 13.0 Å². The summed E-state index contributed by atoms with van der Waals surface area (Å²) in [5.74, 6) is -0.799. The van der Waals surface area contributed by atoms with Gasteiger partial charge in [-0.3, -0.25) is 4.79 Å².